The fraction of sp³-hybridized carbons (Fsp3) is 0.267. The third-order valence-electron chi connectivity index (χ3n) is 2.87. The van der Waals surface area contributed by atoms with Gasteiger partial charge >= 0.3 is 5.97 Å². The van der Waals surface area contributed by atoms with Gasteiger partial charge in [0.15, 0.2) is 0 Å². The van der Waals surface area contributed by atoms with E-state index in [-0.39, 0.29) is 6.10 Å². The van der Waals surface area contributed by atoms with Crippen molar-refractivity contribution in [2.24, 2.45) is 0 Å². The second-order valence-corrected chi connectivity index (χ2v) is 5.22. The Balaban J connectivity index is 2.13. The summed E-state index contributed by atoms with van der Waals surface area (Å²) in [6.45, 7) is 0. The maximum absolute atomic E-state index is 10.5. The Morgan fingerprint density at radius 2 is 2.32 bits per heavy atom. The van der Waals surface area contributed by atoms with Crippen molar-refractivity contribution in [1.29, 1.82) is 0 Å². The highest BCUT2D eigenvalue weighted by atomic mass is 79.9. The summed E-state index contributed by atoms with van der Waals surface area (Å²) in [5.74, 6) is -0.210. The third kappa shape index (κ3) is 4.24. The lowest BCUT2D eigenvalue weighted by Gasteiger charge is -2.18. The summed E-state index contributed by atoms with van der Waals surface area (Å²) < 4.78 is 6.71. The Bertz CT molecular complexity index is 520. The molecule has 0 aliphatic heterocycles. The smallest absolute Gasteiger partial charge is 0.328 e. The zero-order chi connectivity index (χ0) is 13.7. The highest BCUT2D eigenvalue weighted by molar-refractivity contribution is 9.10. The average Bonchev–Trinajstić information content (AvgIpc) is 2.40. The number of allylic oxidation sites excluding steroid dienone is 1. The van der Waals surface area contributed by atoms with Crippen LogP contribution in [0.5, 0.6) is 5.75 Å². The Morgan fingerprint density at radius 1 is 1.47 bits per heavy atom. The standard InChI is InChI=1S/C15H15BrO3/c16-14-8-7-13(10-11(14)6-9-15(17)18)19-12-4-2-1-3-5-12/h2,4,6-10,12H,1,3,5H2,(H,17,18)/b9-6+. The molecule has 0 bridgehead atoms. The van der Waals surface area contributed by atoms with Gasteiger partial charge in [-0.3, -0.25) is 0 Å². The third-order valence-corrected chi connectivity index (χ3v) is 3.59. The van der Waals surface area contributed by atoms with E-state index in [1.807, 2.05) is 18.2 Å². The normalized spacial score (nSPS) is 18.7. The molecule has 0 saturated carbocycles. The van der Waals surface area contributed by atoms with Crippen LogP contribution in [0, 0.1) is 0 Å². The van der Waals surface area contributed by atoms with Gasteiger partial charge in [-0.1, -0.05) is 22.0 Å². The summed E-state index contributed by atoms with van der Waals surface area (Å²) in [5, 5.41) is 8.65. The van der Waals surface area contributed by atoms with Gasteiger partial charge in [0.2, 0.25) is 0 Å². The number of aliphatic carboxylic acids is 1. The van der Waals surface area contributed by atoms with Crippen molar-refractivity contribution < 1.29 is 14.6 Å². The van der Waals surface area contributed by atoms with Crippen LogP contribution in [0.3, 0.4) is 0 Å². The molecular weight excluding hydrogens is 308 g/mol. The lowest BCUT2D eigenvalue weighted by atomic mass is 10.1. The molecule has 1 unspecified atom stereocenters. The van der Waals surface area contributed by atoms with E-state index in [1.54, 1.807) is 6.08 Å². The zero-order valence-corrected chi connectivity index (χ0v) is 12.0. The van der Waals surface area contributed by atoms with E-state index in [2.05, 4.69) is 28.1 Å². The molecule has 4 heteroatoms. The van der Waals surface area contributed by atoms with Crippen LogP contribution in [0.1, 0.15) is 24.8 Å². The Morgan fingerprint density at radius 3 is 3.00 bits per heavy atom. The minimum atomic E-state index is -0.964. The molecule has 1 aromatic rings. The predicted octanol–water partition coefficient (Wildman–Crippen LogP) is 4.03. The highest BCUT2D eigenvalue weighted by Gasteiger charge is 2.10. The Kier molecular flexibility index (Phi) is 4.80. The molecule has 0 spiro atoms. The first-order chi connectivity index (χ1) is 9.15. The second kappa shape index (κ2) is 6.57. The quantitative estimate of drug-likeness (QED) is 0.672. The van der Waals surface area contributed by atoms with Crippen LogP contribution in [-0.4, -0.2) is 17.2 Å². The van der Waals surface area contributed by atoms with Gasteiger partial charge in [0, 0.05) is 10.5 Å². The largest absolute Gasteiger partial charge is 0.486 e. The molecule has 2 rings (SSSR count). The van der Waals surface area contributed by atoms with Gasteiger partial charge in [-0.2, -0.15) is 0 Å². The zero-order valence-electron chi connectivity index (χ0n) is 10.4. The molecule has 100 valence electrons. The highest BCUT2D eigenvalue weighted by Crippen LogP contribution is 2.26. The summed E-state index contributed by atoms with van der Waals surface area (Å²) in [5.41, 5.74) is 0.791. The van der Waals surface area contributed by atoms with Gasteiger partial charge in [-0.15, -0.1) is 0 Å². The van der Waals surface area contributed by atoms with E-state index in [9.17, 15) is 4.79 Å². The van der Waals surface area contributed by atoms with Crippen LogP contribution >= 0.6 is 15.9 Å². The minimum absolute atomic E-state index is 0.117. The van der Waals surface area contributed by atoms with E-state index in [4.69, 9.17) is 9.84 Å². The van der Waals surface area contributed by atoms with Crippen LogP contribution in [0.25, 0.3) is 6.08 Å². The number of benzene rings is 1. The number of ether oxygens (including phenoxy) is 1. The molecule has 1 aliphatic carbocycles. The topological polar surface area (TPSA) is 46.5 Å². The number of halogens is 1. The first-order valence-electron chi connectivity index (χ1n) is 6.19. The fourth-order valence-corrected chi connectivity index (χ4v) is 2.32. The Hall–Kier alpha value is -1.55. The van der Waals surface area contributed by atoms with Gasteiger partial charge < -0.3 is 9.84 Å². The van der Waals surface area contributed by atoms with Crippen LogP contribution < -0.4 is 4.74 Å². The summed E-state index contributed by atoms with van der Waals surface area (Å²) >= 11 is 3.39. The molecule has 0 radical (unpaired) electrons. The van der Waals surface area contributed by atoms with Crippen LogP contribution in [0.15, 0.2) is 40.9 Å². The molecule has 1 N–H and O–H groups in total. The van der Waals surface area contributed by atoms with Gasteiger partial charge in [-0.25, -0.2) is 4.79 Å². The Labute approximate surface area is 120 Å². The number of hydrogen-bond acceptors (Lipinski definition) is 2. The predicted molar refractivity (Wildman–Crippen MR) is 78.2 cm³/mol. The van der Waals surface area contributed by atoms with Crippen LogP contribution in [0.4, 0.5) is 0 Å². The number of carboxylic acid groups (broad SMARTS) is 1. The molecule has 0 fully saturated rings. The number of hydrogen-bond donors (Lipinski definition) is 1. The summed E-state index contributed by atoms with van der Waals surface area (Å²) in [7, 11) is 0. The molecule has 0 saturated heterocycles. The maximum Gasteiger partial charge on any atom is 0.328 e. The first-order valence-corrected chi connectivity index (χ1v) is 6.98. The van der Waals surface area contributed by atoms with Gasteiger partial charge in [0.05, 0.1) is 0 Å². The van der Waals surface area contributed by atoms with Crippen LogP contribution in [0.2, 0.25) is 0 Å². The molecule has 1 atom stereocenters. The molecule has 0 heterocycles. The van der Waals surface area contributed by atoms with E-state index >= 15 is 0 Å². The van der Waals surface area contributed by atoms with E-state index in [1.165, 1.54) is 0 Å². The first kappa shape index (κ1) is 13.9. The molecule has 19 heavy (non-hydrogen) atoms. The van der Waals surface area contributed by atoms with E-state index in [0.29, 0.717) is 0 Å². The average molecular weight is 323 g/mol. The number of carbonyl (C=O) groups is 1. The monoisotopic (exact) mass is 322 g/mol. The summed E-state index contributed by atoms with van der Waals surface area (Å²) in [6, 6.07) is 5.58. The number of carboxylic acids is 1. The van der Waals surface area contributed by atoms with Crippen molar-refractivity contribution in [2.45, 2.75) is 25.4 Å². The second-order valence-electron chi connectivity index (χ2n) is 4.37. The van der Waals surface area contributed by atoms with Gasteiger partial charge in [0.1, 0.15) is 11.9 Å². The molecule has 0 aromatic heterocycles. The van der Waals surface area contributed by atoms with Crippen molar-refractivity contribution in [1.82, 2.24) is 0 Å². The van der Waals surface area contributed by atoms with Gasteiger partial charge in [-0.05, 0) is 55.2 Å². The fourth-order valence-electron chi connectivity index (χ4n) is 1.94. The van der Waals surface area contributed by atoms with Crippen molar-refractivity contribution in [2.75, 3.05) is 0 Å². The minimum Gasteiger partial charge on any atom is -0.486 e. The van der Waals surface area contributed by atoms with Gasteiger partial charge in [0.25, 0.3) is 0 Å². The summed E-state index contributed by atoms with van der Waals surface area (Å²) in [4.78, 5) is 10.5. The molecule has 1 aromatic carbocycles. The molecule has 3 nitrogen and oxygen atoms in total. The number of rotatable bonds is 4. The van der Waals surface area contributed by atoms with Crippen LogP contribution in [-0.2, 0) is 4.79 Å². The van der Waals surface area contributed by atoms with E-state index < -0.39 is 5.97 Å². The van der Waals surface area contributed by atoms with E-state index in [0.717, 1.165) is 41.1 Å². The SMILES string of the molecule is O=C(O)/C=C/c1cc(OC2C=CCCC2)ccc1Br. The van der Waals surface area contributed by atoms with Crippen molar-refractivity contribution in [3.63, 3.8) is 0 Å². The molecular formula is C15H15BrO3. The maximum atomic E-state index is 10.5. The van der Waals surface area contributed by atoms with Crippen molar-refractivity contribution >= 4 is 28.0 Å². The van der Waals surface area contributed by atoms with Crippen molar-refractivity contribution in [3.8, 4) is 5.75 Å². The molecule has 0 amide bonds. The van der Waals surface area contributed by atoms with Crippen molar-refractivity contribution in [3.05, 3.63) is 46.5 Å². The lowest BCUT2D eigenvalue weighted by molar-refractivity contribution is -0.131. The molecule has 1 aliphatic rings. The summed E-state index contributed by atoms with van der Waals surface area (Å²) in [6.07, 6.45) is 10.3. The lowest BCUT2D eigenvalue weighted by Crippen LogP contribution is -2.15.